The highest BCUT2D eigenvalue weighted by Crippen LogP contribution is 2.22. The van der Waals surface area contributed by atoms with E-state index in [1.165, 1.54) is 0 Å². The normalized spacial score (nSPS) is 12.1. The standard InChI is InChI=1S/C15H12BrN3O3/c1-9(10-5-3-2-4-6-10)17-14(20)15-18-13(19-22-15)11-7-8-12(16)21-11/h2-9H,1H3,(H,17,20). The Morgan fingerprint density at radius 1 is 1.23 bits per heavy atom. The SMILES string of the molecule is CC(NC(=O)c1nc(-c2ccc(Br)o2)no1)c1ccccc1. The number of aromatic nitrogens is 2. The molecular formula is C15H12BrN3O3. The third-order valence-electron chi connectivity index (χ3n) is 3.06. The van der Waals surface area contributed by atoms with E-state index in [0.29, 0.717) is 10.4 Å². The highest BCUT2D eigenvalue weighted by atomic mass is 79.9. The smallest absolute Gasteiger partial charge is 0.316 e. The fourth-order valence-corrected chi connectivity index (χ4v) is 2.24. The van der Waals surface area contributed by atoms with Crippen molar-refractivity contribution in [2.24, 2.45) is 0 Å². The van der Waals surface area contributed by atoms with Gasteiger partial charge in [0.25, 0.3) is 0 Å². The zero-order valence-electron chi connectivity index (χ0n) is 11.6. The first-order valence-corrected chi connectivity index (χ1v) is 7.38. The maximum atomic E-state index is 12.1. The zero-order chi connectivity index (χ0) is 15.5. The van der Waals surface area contributed by atoms with E-state index in [4.69, 9.17) is 8.94 Å². The fourth-order valence-electron chi connectivity index (χ4n) is 1.93. The maximum absolute atomic E-state index is 12.1. The summed E-state index contributed by atoms with van der Waals surface area (Å²) >= 11 is 3.19. The van der Waals surface area contributed by atoms with Crippen LogP contribution in [-0.2, 0) is 0 Å². The minimum absolute atomic E-state index is 0.106. The van der Waals surface area contributed by atoms with Crippen molar-refractivity contribution in [1.29, 1.82) is 0 Å². The van der Waals surface area contributed by atoms with Gasteiger partial charge in [0, 0.05) is 0 Å². The average molecular weight is 362 g/mol. The predicted molar refractivity (Wildman–Crippen MR) is 82.0 cm³/mol. The maximum Gasteiger partial charge on any atom is 0.316 e. The van der Waals surface area contributed by atoms with Gasteiger partial charge in [-0.2, -0.15) is 4.98 Å². The zero-order valence-corrected chi connectivity index (χ0v) is 13.2. The summed E-state index contributed by atoms with van der Waals surface area (Å²) in [5.74, 6) is 0.111. The predicted octanol–water partition coefficient (Wildman–Crippen LogP) is 3.58. The minimum Gasteiger partial charge on any atom is -0.446 e. The molecule has 0 saturated heterocycles. The van der Waals surface area contributed by atoms with Crippen LogP contribution >= 0.6 is 15.9 Å². The number of nitrogens with zero attached hydrogens (tertiary/aromatic N) is 2. The van der Waals surface area contributed by atoms with Gasteiger partial charge in [0.1, 0.15) is 0 Å². The van der Waals surface area contributed by atoms with Gasteiger partial charge in [-0.25, -0.2) is 0 Å². The first-order valence-electron chi connectivity index (χ1n) is 6.58. The van der Waals surface area contributed by atoms with E-state index in [1.54, 1.807) is 12.1 Å². The van der Waals surface area contributed by atoms with Crippen LogP contribution in [0.3, 0.4) is 0 Å². The number of benzene rings is 1. The number of rotatable bonds is 4. The molecular weight excluding hydrogens is 350 g/mol. The van der Waals surface area contributed by atoms with E-state index in [0.717, 1.165) is 5.56 Å². The van der Waals surface area contributed by atoms with Gasteiger partial charge >= 0.3 is 11.8 Å². The largest absolute Gasteiger partial charge is 0.446 e. The van der Waals surface area contributed by atoms with Gasteiger partial charge in [0.15, 0.2) is 10.4 Å². The molecule has 1 unspecified atom stereocenters. The van der Waals surface area contributed by atoms with Gasteiger partial charge in [-0.1, -0.05) is 35.5 Å². The Morgan fingerprint density at radius 2 is 2.00 bits per heavy atom. The van der Waals surface area contributed by atoms with Crippen LogP contribution in [0.15, 0.2) is 56.1 Å². The molecule has 1 amide bonds. The Balaban J connectivity index is 1.72. The summed E-state index contributed by atoms with van der Waals surface area (Å²) in [5.41, 5.74) is 0.991. The Bertz CT molecular complexity index is 782. The second-order valence-electron chi connectivity index (χ2n) is 4.63. The molecule has 0 bridgehead atoms. The lowest BCUT2D eigenvalue weighted by molar-refractivity contribution is 0.0895. The topological polar surface area (TPSA) is 81.2 Å². The minimum atomic E-state index is -0.430. The second kappa shape index (κ2) is 6.15. The number of carbonyl (C=O) groups excluding carboxylic acids is 1. The van der Waals surface area contributed by atoms with Gasteiger partial charge in [-0.05, 0) is 40.5 Å². The molecule has 6 nitrogen and oxygen atoms in total. The van der Waals surface area contributed by atoms with Gasteiger partial charge in [-0.3, -0.25) is 4.79 Å². The van der Waals surface area contributed by atoms with Crippen LogP contribution in [0, 0.1) is 0 Å². The molecule has 0 aliphatic rings. The highest BCUT2D eigenvalue weighted by Gasteiger charge is 2.19. The fraction of sp³-hybridized carbons (Fsp3) is 0.133. The van der Waals surface area contributed by atoms with Crippen LogP contribution in [0.1, 0.15) is 29.2 Å². The molecule has 1 aromatic carbocycles. The van der Waals surface area contributed by atoms with Crippen LogP contribution in [0.25, 0.3) is 11.6 Å². The van der Waals surface area contributed by atoms with Gasteiger partial charge < -0.3 is 14.3 Å². The highest BCUT2D eigenvalue weighted by molar-refractivity contribution is 9.10. The molecule has 7 heteroatoms. The molecule has 1 atom stereocenters. The number of furan rings is 1. The van der Waals surface area contributed by atoms with Gasteiger partial charge in [-0.15, -0.1) is 0 Å². The monoisotopic (exact) mass is 361 g/mol. The molecule has 2 heterocycles. The van der Waals surface area contributed by atoms with E-state index in [1.807, 2.05) is 37.3 Å². The second-order valence-corrected chi connectivity index (χ2v) is 5.41. The summed E-state index contributed by atoms with van der Waals surface area (Å²) in [6, 6.07) is 12.8. The van der Waals surface area contributed by atoms with E-state index < -0.39 is 5.91 Å². The van der Waals surface area contributed by atoms with Crippen LogP contribution in [0.4, 0.5) is 0 Å². The lowest BCUT2D eigenvalue weighted by Gasteiger charge is -2.12. The molecule has 22 heavy (non-hydrogen) atoms. The molecule has 0 aliphatic carbocycles. The average Bonchev–Trinajstić information content (AvgIpc) is 3.16. The van der Waals surface area contributed by atoms with Crippen LogP contribution in [0.2, 0.25) is 0 Å². The molecule has 3 rings (SSSR count). The van der Waals surface area contributed by atoms with E-state index in [9.17, 15) is 4.79 Å². The first-order chi connectivity index (χ1) is 10.6. The Hall–Kier alpha value is -2.41. The third kappa shape index (κ3) is 3.09. The van der Waals surface area contributed by atoms with Crippen molar-refractivity contribution in [2.45, 2.75) is 13.0 Å². The van der Waals surface area contributed by atoms with Crippen molar-refractivity contribution in [1.82, 2.24) is 15.5 Å². The van der Waals surface area contributed by atoms with E-state index in [2.05, 4.69) is 31.4 Å². The molecule has 0 fully saturated rings. The lowest BCUT2D eigenvalue weighted by atomic mass is 10.1. The molecule has 0 aliphatic heterocycles. The molecule has 0 spiro atoms. The van der Waals surface area contributed by atoms with Crippen molar-refractivity contribution in [3.8, 4) is 11.6 Å². The number of hydrogen-bond acceptors (Lipinski definition) is 5. The van der Waals surface area contributed by atoms with Crippen molar-refractivity contribution in [2.75, 3.05) is 0 Å². The number of carbonyl (C=O) groups is 1. The summed E-state index contributed by atoms with van der Waals surface area (Å²) < 4.78 is 10.8. The summed E-state index contributed by atoms with van der Waals surface area (Å²) in [6.45, 7) is 1.88. The number of amides is 1. The molecule has 0 saturated carbocycles. The Labute approximate surface area is 134 Å². The summed E-state index contributed by atoms with van der Waals surface area (Å²) in [7, 11) is 0. The molecule has 3 aromatic rings. The summed E-state index contributed by atoms with van der Waals surface area (Å²) in [6.07, 6.45) is 0. The van der Waals surface area contributed by atoms with Crippen LogP contribution in [0.5, 0.6) is 0 Å². The summed E-state index contributed by atoms with van der Waals surface area (Å²) in [4.78, 5) is 16.2. The third-order valence-corrected chi connectivity index (χ3v) is 3.49. The Morgan fingerprint density at radius 3 is 2.68 bits per heavy atom. The first kappa shape index (κ1) is 14.5. The van der Waals surface area contributed by atoms with Crippen LogP contribution < -0.4 is 5.32 Å². The number of nitrogens with one attached hydrogen (secondary N) is 1. The molecule has 112 valence electrons. The molecule has 2 aromatic heterocycles. The van der Waals surface area contributed by atoms with E-state index in [-0.39, 0.29) is 17.8 Å². The van der Waals surface area contributed by atoms with Gasteiger partial charge in [0.05, 0.1) is 6.04 Å². The molecule has 0 radical (unpaired) electrons. The molecule has 1 N–H and O–H groups in total. The van der Waals surface area contributed by atoms with E-state index >= 15 is 0 Å². The van der Waals surface area contributed by atoms with Crippen molar-refractivity contribution >= 4 is 21.8 Å². The Kier molecular flexibility index (Phi) is 4.06. The summed E-state index contributed by atoms with van der Waals surface area (Å²) in [5, 5.41) is 6.55. The quantitative estimate of drug-likeness (QED) is 0.767. The van der Waals surface area contributed by atoms with Crippen molar-refractivity contribution < 1.29 is 13.7 Å². The van der Waals surface area contributed by atoms with Crippen LogP contribution in [-0.4, -0.2) is 16.0 Å². The van der Waals surface area contributed by atoms with Gasteiger partial charge in [0.2, 0.25) is 5.82 Å². The lowest BCUT2D eigenvalue weighted by Crippen LogP contribution is -2.26. The number of hydrogen-bond donors (Lipinski definition) is 1. The number of halogens is 1. The van der Waals surface area contributed by atoms with Crippen molar-refractivity contribution in [3.05, 3.63) is 58.6 Å². The van der Waals surface area contributed by atoms with Crippen molar-refractivity contribution in [3.63, 3.8) is 0 Å².